The molecule has 0 aliphatic heterocycles. The van der Waals surface area contributed by atoms with Crippen LogP contribution in [0.1, 0.15) is 32.4 Å². The molecule has 21 heavy (non-hydrogen) atoms. The van der Waals surface area contributed by atoms with Gasteiger partial charge in [0.15, 0.2) is 0 Å². The van der Waals surface area contributed by atoms with Gasteiger partial charge in [-0.25, -0.2) is 13.1 Å². The molecule has 2 N–H and O–H groups in total. The molecule has 6 heteroatoms. The smallest absolute Gasteiger partial charge is 0.240 e. The molecule has 0 aliphatic rings. The molecule has 0 amide bonds. The van der Waals surface area contributed by atoms with Crippen molar-refractivity contribution < 1.29 is 8.42 Å². The van der Waals surface area contributed by atoms with Gasteiger partial charge in [-0.3, -0.25) is 0 Å². The van der Waals surface area contributed by atoms with E-state index in [0.717, 1.165) is 12.1 Å². The molecular weight excluding hydrogens is 286 g/mol. The molecule has 2 atom stereocenters. The molecule has 0 aromatic heterocycles. The Hall–Kier alpha value is -0.950. The number of nitrogens with one attached hydrogen (secondary N) is 2. The highest BCUT2D eigenvalue weighted by atomic mass is 32.2. The van der Waals surface area contributed by atoms with Gasteiger partial charge in [-0.2, -0.15) is 0 Å². The van der Waals surface area contributed by atoms with E-state index in [4.69, 9.17) is 0 Å². The van der Waals surface area contributed by atoms with E-state index in [0.29, 0.717) is 11.4 Å². The molecule has 0 bridgehead atoms. The zero-order valence-corrected chi connectivity index (χ0v) is 14.4. The Morgan fingerprint density at radius 3 is 2.19 bits per heavy atom. The number of sulfonamides is 1. The van der Waals surface area contributed by atoms with Gasteiger partial charge < -0.3 is 10.2 Å². The van der Waals surface area contributed by atoms with Crippen LogP contribution in [0.25, 0.3) is 0 Å². The van der Waals surface area contributed by atoms with Crippen LogP contribution in [0.15, 0.2) is 29.2 Å². The molecule has 1 rings (SSSR count). The van der Waals surface area contributed by atoms with Gasteiger partial charge in [-0.15, -0.1) is 0 Å². The largest absolute Gasteiger partial charge is 0.310 e. The fourth-order valence-corrected chi connectivity index (χ4v) is 3.51. The summed E-state index contributed by atoms with van der Waals surface area (Å²) in [6.45, 7) is 7.51. The molecule has 0 radical (unpaired) electrons. The minimum absolute atomic E-state index is 0.134. The van der Waals surface area contributed by atoms with Crippen molar-refractivity contribution in [3.63, 3.8) is 0 Å². The van der Waals surface area contributed by atoms with Gasteiger partial charge in [0.25, 0.3) is 0 Å². The number of rotatable bonds is 8. The Bertz CT molecular complexity index is 526. The van der Waals surface area contributed by atoms with Crippen LogP contribution >= 0.6 is 0 Å². The summed E-state index contributed by atoms with van der Waals surface area (Å²) in [6.07, 6.45) is 0. The van der Waals surface area contributed by atoms with E-state index in [2.05, 4.69) is 17.0 Å². The van der Waals surface area contributed by atoms with Crippen molar-refractivity contribution in [1.29, 1.82) is 0 Å². The van der Waals surface area contributed by atoms with Crippen LogP contribution in [0.2, 0.25) is 0 Å². The van der Waals surface area contributed by atoms with Crippen LogP contribution in [0.3, 0.4) is 0 Å². The molecule has 0 aliphatic carbocycles. The lowest BCUT2D eigenvalue weighted by molar-refractivity contribution is 0.370. The van der Waals surface area contributed by atoms with Crippen LogP contribution in [0, 0.1) is 0 Å². The molecule has 2 unspecified atom stereocenters. The van der Waals surface area contributed by atoms with E-state index in [1.54, 1.807) is 12.1 Å². The van der Waals surface area contributed by atoms with E-state index in [9.17, 15) is 8.42 Å². The summed E-state index contributed by atoms with van der Waals surface area (Å²) >= 11 is 0. The lowest BCUT2D eigenvalue weighted by Gasteiger charge is -2.18. The Labute approximate surface area is 128 Å². The zero-order valence-electron chi connectivity index (χ0n) is 13.6. The van der Waals surface area contributed by atoms with Crippen molar-refractivity contribution in [2.24, 2.45) is 0 Å². The first-order chi connectivity index (χ1) is 9.76. The number of nitrogens with zero attached hydrogens (tertiary/aromatic N) is 1. The summed E-state index contributed by atoms with van der Waals surface area (Å²) in [5.41, 5.74) is 1.08. The Kier molecular flexibility index (Phi) is 6.80. The van der Waals surface area contributed by atoms with E-state index >= 15 is 0 Å². The summed E-state index contributed by atoms with van der Waals surface area (Å²) in [7, 11) is 0.380. The topological polar surface area (TPSA) is 61.4 Å². The predicted molar refractivity (Wildman–Crippen MR) is 86.9 cm³/mol. The van der Waals surface area contributed by atoms with Gasteiger partial charge in [-0.1, -0.05) is 19.1 Å². The quantitative estimate of drug-likeness (QED) is 0.765. The van der Waals surface area contributed by atoms with E-state index in [-0.39, 0.29) is 12.1 Å². The maximum Gasteiger partial charge on any atom is 0.240 e. The third-order valence-electron chi connectivity index (χ3n) is 3.20. The molecule has 0 saturated heterocycles. The molecule has 5 nitrogen and oxygen atoms in total. The molecule has 120 valence electrons. The third kappa shape index (κ3) is 5.74. The molecule has 0 saturated carbocycles. The van der Waals surface area contributed by atoms with Crippen molar-refractivity contribution >= 4 is 10.0 Å². The first kappa shape index (κ1) is 18.1. The molecule has 1 aromatic rings. The lowest BCUT2D eigenvalue weighted by Crippen LogP contribution is -2.39. The van der Waals surface area contributed by atoms with Gasteiger partial charge in [0.05, 0.1) is 4.90 Å². The van der Waals surface area contributed by atoms with Crippen molar-refractivity contribution in [3.05, 3.63) is 29.8 Å². The molecular formula is C15H27N3O2S. The van der Waals surface area contributed by atoms with E-state index in [1.165, 1.54) is 0 Å². The fraction of sp³-hybridized carbons (Fsp3) is 0.600. The minimum Gasteiger partial charge on any atom is -0.310 e. The van der Waals surface area contributed by atoms with Crippen LogP contribution in [-0.4, -0.2) is 46.5 Å². The van der Waals surface area contributed by atoms with Crippen molar-refractivity contribution in [2.45, 2.75) is 37.8 Å². The van der Waals surface area contributed by atoms with E-state index in [1.807, 2.05) is 45.0 Å². The van der Waals surface area contributed by atoms with Gasteiger partial charge in [0.2, 0.25) is 10.0 Å². The zero-order chi connectivity index (χ0) is 16.0. The van der Waals surface area contributed by atoms with Crippen LogP contribution in [-0.2, 0) is 10.0 Å². The van der Waals surface area contributed by atoms with Crippen molar-refractivity contribution in [1.82, 2.24) is 14.9 Å². The Balaban J connectivity index is 2.80. The average Bonchev–Trinajstić information content (AvgIpc) is 2.37. The third-order valence-corrected chi connectivity index (χ3v) is 4.80. The normalized spacial score (nSPS) is 15.1. The second kappa shape index (κ2) is 7.89. The summed E-state index contributed by atoms with van der Waals surface area (Å²) < 4.78 is 27.3. The van der Waals surface area contributed by atoms with Crippen LogP contribution < -0.4 is 10.0 Å². The summed E-state index contributed by atoms with van der Waals surface area (Å²) in [5, 5.41) is 3.30. The van der Waals surface area contributed by atoms with Gasteiger partial charge in [0.1, 0.15) is 0 Å². The highest BCUT2D eigenvalue weighted by molar-refractivity contribution is 7.89. The van der Waals surface area contributed by atoms with Gasteiger partial charge in [0, 0.05) is 18.6 Å². The predicted octanol–water partition coefficient (Wildman–Crippen LogP) is 1.59. The standard InChI is InChI=1S/C15H27N3O2S/c1-6-16-13(3)14-7-9-15(10-8-14)21(19,20)17-12(2)11-18(4)5/h7-10,12-13,16-17H,6,11H2,1-5H3. The summed E-state index contributed by atoms with van der Waals surface area (Å²) in [6, 6.07) is 7.12. The molecule has 0 fully saturated rings. The monoisotopic (exact) mass is 313 g/mol. The van der Waals surface area contributed by atoms with Crippen LogP contribution in [0.4, 0.5) is 0 Å². The first-order valence-corrected chi connectivity index (χ1v) is 8.75. The fourth-order valence-electron chi connectivity index (χ4n) is 2.28. The van der Waals surface area contributed by atoms with Crippen molar-refractivity contribution in [2.75, 3.05) is 27.2 Å². The second-order valence-corrected chi connectivity index (χ2v) is 7.35. The maximum atomic E-state index is 12.3. The summed E-state index contributed by atoms with van der Waals surface area (Å²) in [4.78, 5) is 2.26. The number of likely N-dealkylation sites (N-methyl/N-ethyl adjacent to an activating group) is 1. The Morgan fingerprint density at radius 2 is 1.71 bits per heavy atom. The minimum atomic E-state index is -3.46. The first-order valence-electron chi connectivity index (χ1n) is 7.26. The van der Waals surface area contributed by atoms with E-state index < -0.39 is 10.0 Å². The Morgan fingerprint density at radius 1 is 1.14 bits per heavy atom. The van der Waals surface area contributed by atoms with Gasteiger partial charge >= 0.3 is 0 Å². The lowest BCUT2D eigenvalue weighted by atomic mass is 10.1. The SMILES string of the molecule is CCNC(C)c1ccc(S(=O)(=O)NC(C)CN(C)C)cc1. The second-order valence-electron chi connectivity index (χ2n) is 5.63. The molecule has 0 heterocycles. The molecule has 0 spiro atoms. The average molecular weight is 313 g/mol. The number of benzene rings is 1. The highest BCUT2D eigenvalue weighted by Gasteiger charge is 2.18. The van der Waals surface area contributed by atoms with Crippen LogP contribution in [0.5, 0.6) is 0 Å². The maximum absolute atomic E-state index is 12.3. The molecule has 1 aromatic carbocycles. The number of hydrogen-bond acceptors (Lipinski definition) is 4. The summed E-state index contributed by atoms with van der Waals surface area (Å²) in [5.74, 6) is 0. The van der Waals surface area contributed by atoms with Gasteiger partial charge in [-0.05, 0) is 52.2 Å². The van der Waals surface area contributed by atoms with Crippen molar-refractivity contribution in [3.8, 4) is 0 Å². The number of hydrogen-bond donors (Lipinski definition) is 2. The highest BCUT2D eigenvalue weighted by Crippen LogP contribution is 2.16.